The molecule has 0 aromatic carbocycles. The predicted octanol–water partition coefficient (Wildman–Crippen LogP) is 2.29. The highest BCUT2D eigenvalue weighted by Crippen LogP contribution is 2.22. The summed E-state index contributed by atoms with van der Waals surface area (Å²) in [7, 11) is 0. The van der Waals surface area contributed by atoms with Gasteiger partial charge in [0.1, 0.15) is 0 Å². The molecule has 1 atom stereocenters. The Morgan fingerprint density at radius 2 is 2.33 bits per heavy atom. The van der Waals surface area contributed by atoms with Crippen LogP contribution in [0, 0.1) is 0 Å². The maximum absolute atomic E-state index is 11.7. The number of hydrogen-bond donors (Lipinski definition) is 2. The van der Waals surface area contributed by atoms with Crippen molar-refractivity contribution in [2.75, 3.05) is 6.61 Å². The summed E-state index contributed by atoms with van der Waals surface area (Å²) in [5.74, 6) is -0.190. The van der Waals surface area contributed by atoms with E-state index >= 15 is 0 Å². The van der Waals surface area contributed by atoms with Crippen molar-refractivity contribution < 1.29 is 9.90 Å². The molecule has 2 N–H and O–H groups in total. The standard InChI is InChI=1S/C10H14ClNO2S/c1-3-10(2,6-13)12-9(14)7-4-5-8(11)15-7/h4-5,13H,3,6H2,1-2H3,(H,12,14). The molecule has 84 valence electrons. The van der Waals surface area contributed by atoms with E-state index in [0.29, 0.717) is 15.6 Å². The van der Waals surface area contributed by atoms with Gasteiger partial charge < -0.3 is 10.4 Å². The average Bonchev–Trinajstić information content (AvgIpc) is 2.65. The number of hydrogen-bond acceptors (Lipinski definition) is 3. The fourth-order valence-corrected chi connectivity index (χ4v) is 1.95. The van der Waals surface area contributed by atoms with Crippen LogP contribution in [-0.2, 0) is 0 Å². The van der Waals surface area contributed by atoms with Crippen molar-refractivity contribution in [3.63, 3.8) is 0 Å². The number of aliphatic hydroxyl groups is 1. The van der Waals surface area contributed by atoms with Crippen LogP contribution in [0.1, 0.15) is 29.9 Å². The normalized spacial score (nSPS) is 14.7. The maximum atomic E-state index is 11.7. The minimum Gasteiger partial charge on any atom is -0.394 e. The number of carbonyl (C=O) groups excluding carboxylic acids is 1. The van der Waals surface area contributed by atoms with Gasteiger partial charge in [0.25, 0.3) is 5.91 Å². The molecule has 5 heteroatoms. The van der Waals surface area contributed by atoms with Crippen LogP contribution < -0.4 is 5.32 Å². The van der Waals surface area contributed by atoms with E-state index in [2.05, 4.69) is 5.32 Å². The lowest BCUT2D eigenvalue weighted by Gasteiger charge is -2.26. The monoisotopic (exact) mass is 247 g/mol. The van der Waals surface area contributed by atoms with Crippen molar-refractivity contribution >= 4 is 28.8 Å². The molecule has 1 amide bonds. The van der Waals surface area contributed by atoms with Gasteiger partial charge in [0.05, 0.1) is 21.4 Å². The Balaban J connectivity index is 2.71. The Kier molecular flexibility index (Phi) is 4.13. The van der Waals surface area contributed by atoms with Gasteiger partial charge in [-0.3, -0.25) is 4.79 Å². The summed E-state index contributed by atoms with van der Waals surface area (Å²) in [6.45, 7) is 3.65. The highest BCUT2D eigenvalue weighted by atomic mass is 35.5. The molecule has 1 aromatic rings. The van der Waals surface area contributed by atoms with E-state index in [4.69, 9.17) is 16.7 Å². The number of amides is 1. The lowest BCUT2D eigenvalue weighted by atomic mass is 10.0. The smallest absolute Gasteiger partial charge is 0.261 e. The van der Waals surface area contributed by atoms with Crippen molar-refractivity contribution in [1.29, 1.82) is 0 Å². The van der Waals surface area contributed by atoms with Crippen molar-refractivity contribution in [3.05, 3.63) is 21.3 Å². The second-order valence-electron chi connectivity index (χ2n) is 3.63. The Bertz CT molecular complexity index is 347. The third kappa shape index (κ3) is 3.19. The van der Waals surface area contributed by atoms with Crippen LogP contribution >= 0.6 is 22.9 Å². The second kappa shape index (κ2) is 4.96. The van der Waals surface area contributed by atoms with Crippen molar-refractivity contribution in [1.82, 2.24) is 5.32 Å². The molecule has 0 aliphatic heterocycles. The average molecular weight is 248 g/mol. The predicted molar refractivity (Wildman–Crippen MR) is 62.6 cm³/mol. The molecule has 0 saturated heterocycles. The summed E-state index contributed by atoms with van der Waals surface area (Å²) < 4.78 is 0.586. The van der Waals surface area contributed by atoms with Crippen LogP contribution in [0.15, 0.2) is 12.1 Å². The third-order valence-electron chi connectivity index (χ3n) is 2.34. The van der Waals surface area contributed by atoms with Crippen LogP contribution in [0.3, 0.4) is 0 Å². The van der Waals surface area contributed by atoms with Crippen molar-refractivity contribution in [2.24, 2.45) is 0 Å². The molecule has 0 spiro atoms. The van der Waals surface area contributed by atoms with Gasteiger partial charge in [-0.15, -0.1) is 11.3 Å². The van der Waals surface area contributed by atoms with Crippen LogP contribution in [0.5, 0.6) is 0 Å². The highest BCUT2D eigenvalue weighted by molar-refractivity contribution is 7.17. The molecule has 0 fully saturated rings. The Labute approximate surface area is 98.1 Å². The number of halogens is 1. The quantitative estimate of drug-likeness (QED) is 0.858. The first-order valence-corrected chi connectivity index (χ1v) is 5.89. The van der Waals surface area contributed by atoms with Crippen LogP contribution in [0.2, 0.25) is 4.34 Å². The summed E-state index contributed by atoms with van der Waals surface area (Å²) >= 11 is 6.96. The number of thiophene rings is 1. The Morgan fingerprint density at radius 3 is 2.73 bits per heavy atom. The van der Waals surface area contributed by atoms with E-state index in [1.807, 2.05) is 6.92 Å². The zero-order chi connectivity index (χ0) is 11.5. The molecule has 1 heterocycles. The minimum absolute atomic E-state index is 0.0751. The van der Waals surface area contributed by atoms with Gasteiger partial charge in [0, 0.05) is 0 Å². The van der Waals surface area contributed by atoms with Crippen LogP contribution in [0.4, 0.5) is 0 Å². The minimum atomic E-state index is -0.562. The summed E-state index contributed by atoms with van der Waals surface area (Å²) in [5.41, 5.74) is -0.562. The molecule has 0 aliphatic carbocycles. The zero-order valence-electron chi connectivity index (χ0n) is 8.71. The number of nitrogens with one attached hydrogen (secondary N) is 1. The molecule has 0 radical (unpaired) electrons. The van der Waals surface area contributed by atoms with E-state index < -0.39 is 5.54 Å². The summed E-state index contributed by atoms with van der Waals surface area (Å²) in [6.07, 6.45) is 0.675. The van der Waals surface area contributed by atoms with Gasteiger partial charge in [0.2, 0.25) is 0 Å². The molecule has 1 rings (SSSR count). The van der Waals surface area contributed by atoms with E-state index in [0.717, 1.165) is 0 Å². The number of rotatable bonds is 4. The van der Waals surface area contributed by atoms with Gasteiger partial charge in [-0.2, -0.15) is 0 Å². The first-order valence-electron chi connectivity index (χ1n) is 4.69. The molecule has 1 aromatic heterocycles. The van der Waals surface area contributed by atoms with E-state index in [-0.39, 0.29) is 12.5 Å². The first kappa shape index (κ1) is 12.5. The summed E-state index contributed by atoms with van der Waals surface area (Å²) in [4.78, 5) is 12.3. The molecule has 0 bridgehead atoms. The Morgan fingerprint density at radius 1 is 1.67 bits per heavy atom. The lowest BCUT2D eigenvalue weighted by Crippen LogP contribution is -2.48. The number of aliphatic hydroxyl groups excluding tert-OH is 1. The van der Waals surface area contributed by atoms with Crippen molar-refractivity contribution in [2.45, 2.75) is 25.8 Å². The molecular formula is C10H14ClNO2S. The zero-order valence-corrected chi connectivity index (χ0v) is 10.3. The van der Waals surface area contributed by atoms with E-state index in [1.165, 1.54) is 11.3 Å². The second-order valence-corrected chi connectivity index (χ2v) is 5.35. The fraction of sp³-hybridized carbons (Fsp3) is 0.500. The summed E-state index contributed by atoms with van der Waals surface area (Å²) in [6, 6.07) is 3.36. The van der Waals surface area contributed by atoms with Gasteiger partial charge in [-0.1, -0.05) is 18.5 Å². The Hall–Kier alpha value is -0.580. The molecule has 0 aliphatic rings. The third-order valence-corrected chi connectivity index (χ3v) is 3.57. The molecule has 0 saturated carbocycles. The largest absolute Gasteiger partial charge is 0.394 e. The summed E-state index contributed by atoms with van der Waals surface area (Å²) in [5, 5.41) is 11.9. The molecular weight excluding hydrogens is 234 g/mol. The van der Waals surface area contributed by atoms with Crippen LogP contribution in [-0.4, -0.2) is 23.2 Å². The van der Waals surface area contributed by atoms with E-state index in [9.17, 15) is 4.79 Å². The topological polar surface area (TPSA) is 49.3 Å². The lowest BCUT2D eigenvalue weighted by molar-refractivity contribution is 0.0851. The maximum Gasteiger partial charge on any atom is 0.261 e. The first-order chi connectivity index (χ1) is 7.00. The van der Waals surface area contributed by atoms with Gasteiger partial charge in [-0.05, 0) is 25.5 Å². The molecule has 15 heavy (non-hydrogen) atoms. The van der Waals surface area contributed by atoms with Gasteiger partial charge in [0.15, 0.2) is 0 Å². The SMILES string of the molecule is CCC(C)(CO)NC(=O)c1ccc(Cl)s1. The van der Waals surface area contributed by atoms with Gasteiger partial charge >= 0.3 is 0 Å². The molecule has 3 nitrogen and oxygen atoms in total. The molecule has 1 unspecified atom stereocenters. The highest BCUT2D eigenvalue weighted by Gasteiger charge is 2.24. The van der Waals surface area contributed by atoms with E-state index in [1.54, 1.807) is 19.1 Å². The van der Waals surface area contributed by atoms with Gasteiger partial charge in [-0.25, -0.2) is 0 Å². The van der Waals surface area contributed by atoms with Crippen molar-refractivity contribution in [3.8, 4) is 0 Å². The number of carbonyl (C=O) groups is 1. The fourth-order valence-electron chi connectivity index (χ4n) is 1.01. The van der Waals surface area contributed by atoms with Crippen LogP contribution in [0.25, 0.3) is 0 Å².